The van der Waals surface area contributed by atoms with Gasteiger partial charge in [0.25, 0.3) is 5.91 Å². The van der Waals surface area contributed by atoms with Crippen LogP contribution >= 0.6 is 0 Å². The molecule has 1 amide bonds. The van der Waals surface area contributed by atoms with E-state index in [1.807, 2.05) is 12.1 Å². The number of carbonyl (C=O) groups excluding carboxylic acids is 1. The molecule has 1 fully saturated rings. The predicted octanol–water partition coefficient (Wildman–Crippen LogP) is 1.37. The van der Waals surface area contributed by atoms with Crippen LogP contribution in [0, 0.1) is 0 Å². The summed E-state index contributed by atoms with van der Waals surface area (Å²) in [6.45, 7) is 6.97. The number of para-hydroxylation sites is 1. The van der Waals surface area contributed by atoms with Crippen LogP contribution in [-0.2, 0) is 4.74 Å². The van der Waals surface area contributed by atoms with Crippen molar-refractivity contribution in [3.05, 3.63) is 46.2 Å². The molecule has 1 aromatic heterocycles. The molecule has 0 bridgehead atoms. The summed E-state index contributed by atoms with van der Waals surface area (Å²) in [5.41, 5.74) is 0.639. The van der Waals surface area contributed by atoms with Crippen molar-refractivity contribution in [1.29, 1.82) is 0 Å². The molecule has 0 saturated carbocycles. The molecule has 2 N–H and O–H groups in total. The van der Waals surface area contributed by atoms with Crippen LogP contribution in [-0.4, -0.2) is 54.2 Å². The molecule has 0 spiro atoms. The molecule has 2 heterocycles. The SMILES string of the molecule is C[C@@H](CNC(=O)c1c[nH]c2ccccc2c1=O)N1CCOC[C@@H]1C. The second-order valence-electron chi connectivity index (χ2n) is 6.30. The normalized spacial score (nSPS) is 20.0. The van der Waals surface area contributed by atoms with E-state index in [0.29, 0.717) is 31.2 Å². The van der Waals surface area contributed by atoms with Crippen molar-refractivity contribution in [2.75, 3.05) is 26.3 Å². The zero-order valence-corrected chi connectivity index (χ0v) is 14.0. The van der Waals surface area contributed by atoms with Crippen LogP contribution in [0.25, 0.3) is 10.9 Å². The summed E-state index contributed by atoms with van der Waals surface area (Å²) in [6, 6.07) is 7.70. The van der Waals surface area contributed by atoms with Crippen molar-refractivity contribution in [2.24, 2.45) is 0 Å². The summed E-state index contributed by atoms with van der Waals surface area (Å²) in [5, 5.41) is 3.41. The van der Waals surface area contributed by atoms with Crippen molar-refractivity contribution >= 4 is 16.8 Å². The smallest absolute Gasteiger partial charge is 0.256 e. The van der Waals surface area contributed by atoms with Crippen LogP contribution in [0.5, 0.6) is 0 Å². The second-order valence-corrected chi connectivity index (χ2v) is 6.30. The van der Waals surface area contributed by atoms with Gasteiger partial charge in [0.2, 0.25) is 5.43 Å². The number of carbonyl (C=O) groups is 1. The lowest BCUT2D eigenvalue weighted by Crippen LogP contribution is -2.52. The van der Waals surface area contributed by atoms with Gasteiger partial charge in [-0.3, -0.25) is 14.5 Å². The summed E-state index contributed by atoms with van der Waals surface area (Å²) in [5.74, 6) is -0.338. The highest BCUT2D eigenvalue weighted by Crippen LogP contribution is 2.10. The van der Waals surface area contributed by atoms with Crippen LogP contribution in [0.2, 0.25) is 0 Å². The van der Waals surface area contributed by atoms with E-state index in [2.05, 4.69) is 29.0 Å². The monoisotopic (exact) mass is 329 g/mol. The lowest BCUT2D eigenvalue weighted by molar-refractivity contribution is -0.0178. The fourth-order valence-corrected chi connectivity index (χ4v) is 3.18. The first kappa shape index (κ1) is 16.7. The molecule has 2 aromatic rings. The summed E-state index contributed by atoms with van der Waals surface area (Å²) in [4.78, 5) is 30.2. The molecule has 128 valence electrons. The van der Waals surface area contributed by atoms with E-state index in [1.165, 1.54) is 6.20 Å². The number of nitrogens with zero attached hydrogens (tertiary/aromatic N) is 1. The number of ether oxygens (including phenoxy) is 1. The molecule has 1 saturated heterocycles. The van der Waals surface area contributed by atoms with E-state index in [9.17, 15) is 9.59 Å². The molecule has 6 heteroatoms. The van der Waals surface area contributed by atoms with E-state index >= 15 is 0 Å². The molecule has 1 aromatic carbocycles. The van der Waals surface area contributed by atoms with Gasteiger partial charge in [-0.2, -0.15) is 0 Å². The Morgan fingerprint density at radius 1 is 1.46 bits per heavy atom. The molecule has 1 aliphatic heterocycles. The van der Waals surface area contributed by atoms with Gasteiger partial charge in [0.05, 0.1) is 13.2 Å². The molecular weight excluding hydrogens is 306 g/mol. The standard InChI is InChI=1S/C18H23N3O3/c1-12(21-7-8-24-11-13(21)2)9-20-18(23)15-10-19-16-6-4-3-5-14(16)17(15)22/h3-6,10,12-13H,7-9,11H2,1-2H3,(H,19,22)(H,20,23)/t12-,13-/m0/s1. The van der Waals surface area contributed by atoms with Gasteiger partial charge in [0.1, 0.15) is 5.56 Å². The van der Waals surface area contributed by atoms with Gasteiger partial charge >= 0.3 is 0 Å². The highest BCUT2D eigenvalue weighted by Gasteiger charge is 2.24. The van der Waals surface area contributed by atoms with Crippen LogP contribution in [0.4, 0.5) is 0 Å². The van der Waals surface area contributed by atoms with Crippen LogP contribution in [0.3, 0.4) is 0 Å². The van der Waals surface area contributed by atoms with Gasteiger partial charge in [-0.1, -0.05) is 12.1 Å². The quantitative estimate of drug-likeness (QED) is 0.888. The molecule has 0 radical (unpaired) electrons. The van der Waals surface area contributed by atoms with Crippen molar-refractivity contribution in [2.45, 2.75) is 25.9 Å². The Bertz CT molecular complexity index is 786. The van der Waals surface area contributed by atoms with Crippen molar-refractivity contribution < 1.29 is 9.53 Å². The number of hydrogen-bond donors (Lipinski definition) is 2. The van der Waals surface area contributed by atoms with E-state index in [4.69, 9.17) is 4.74 Å². The number of benzene rings is 1. The number of fused-ring (bicyclic) bond motifs is 1. The molecular formula is C18H23N3O3. The topological polar surface area (TPSA) is 74.4 Å². The first-order valence-electron chi connectivity index (χ1n) is 8.30. The Morgan fingerprint density at radius 3 is 3.04 bits per heavy atom. The lowest BCUT2D eigenvalue weighted by atomic mass is 10.1. The van der Waals surface area contributed by atoms with Crippen LogP contribution < -0.4 is 10.7 Å². The first-order valence-corrected chi connectivity index (χ1v) is 8.30. The zero-order chi connectivity index (χ0) is 17.1. The minimum atomic E-state index is -0.338. The van der Waals surface area contributed by atoms with Gasteiger partial charge in [0.15, 0.2) is 0 Å². The average Bonchev–Trinajstić information content (AvgIpc) is 2.60. The number of amides is 1. The van der Waals surface area contributed by atoms with Crippen LogP contribution in [0.15, 0.2) is 35.3 Å². The van der Waals surface area contributed by atoms with Crippen LogP contribution in [0.1, 0.15) is 24.2 Å². The molecule has 2 atom stereocenters. The van der Waals surface area contributed by atoms with E-state index < -0.39 is 0 Å². The van der Waals surface area contributed by atoms with Gasteiger partial charge < -0.3 is 15.0 Å². The van der Waals surface area contributed by atoms with Gasteiger partial charge in [0, 0.05) is 42.3 Å². The molecule has 24 heavy (non-hydrogen) atoms. The maximum atomic E-state index is 12.5. The Labute approximate surface area is 140 Å². The Kier molecular flexibility index (Phi) is 4.97. The Balaban J connectivity index is 1.69. The minimum absolute atomic E-state index is 0.149. The third-order valence-corrected chi connectivity index (χ3v) is 4.58. The highest BCUT2D eigenvalue weighted by atomic mass is 16.5. The summed E-state index contributed by atoms with van der Waals surface area (Å²) >= 11 is 0. The number of pyridine rings is 1. The number of H-pyrrole nitrogens is 1. The van der Waals surface area contributed by atoms with E-state index in [-0.39, 0.29) is 22.9 Å². The zero-order valence-electron chi connectivity index (χ0n) is 14.0. The maximum absolute atomic E-state index is 12.5. The van der Waals surface area contributed by atoms with E-state index in [1.54, 1.807) is 12.1 Å². The highest BCUT2D eigenvalue weighted by molar-refractivity contribution is 5.97. The first-order chi connectivity index (χ1) is 11.6. The van der Waals surface area contributed by atoms with Gasteiger partial charge in [-0.05, 0) is 26.0 Å². The molecule has 3 rings (SSSR count). The average molecular weight is 329 g/mol. The Morgan fingerprint density at radius 2 is 2.25 bits per heavy atom. The molecule has 6 nitrogen and oxygen atoms in total. The number of morpholine rings is 1. The van der Waals surface area contributed by atoms with E-state index in [0.717, 1.165) is 12.1 Å². The summed E-state index contributed by atoms with van der Waals surface area (Å²) < 4.78 is 5.44. The number of nitrogens with one attached hydrogen (secondary N) is 2. The van der Waals surface area contributed by atoms with Gasteiger partial charge in [-0.15, -0.1) is 0 Å². The number of aromatic amines is 1. The summed E-state index contributed by atoms with van der Waals surface area (Å²) in [6.07, 6.45) is 1.49. The minimum Gasteiger partial charge on any atom is -0.379 e. The molecule has 1 aliphatic rings. The van der Waals surface area contributed by atoms with Crippen molar-refractivity contribution in [1.82, 2.24) is 15.2 Å². The second kappa shape index (κ2) is 7.15. The lowest BCUT2D eigenvalue weighted by Gasteiger charge is -2.37. The van der Waals surface area contributed by atoms with Gasteiger partial charge in [-0.25, -0.2) is 0 Å². The third kappa shape index (κ3) is 3.34. The van der Waals surface area contributed by atoms with Crippen molar-refractivity contribution in [3.8, 4) is 0 Å². The molecule has 0 unspecified atom stereocenters. The number of hydrogen-bond acceptors (Lipinski definition) is 4. The fourth-order valence-electron chi connectivity index (χ4n) is 3.18. The Hall–Kier alpha value is -2.18. The predicted molar refractivity (Wildman–Crippen MR) is 93.4 cm³/mol. The largest absolute Gasteiger partial charge is 0.379 e. The van der Waals surface area contributed by atoms with Crippen molar-refractivity contribution in [3.63, 3.8) is 0 Å². The maximum Gasteiger partial charge on any atom is 0.256 e. The third-order valence-electron chi connectivity index (χ3n) is 4.58. The number of aromatic nitrogens is 1. The number of rotatable bonds is 4. The molecule has 0 aliphatic carbocycles. The summed E-state index contributed by atoms with van der Waals surface area (Å²) in [7, 11) is 0. The fraction of sp³-hybridized carbons (Fsp3) is 0.444.